The van der Waals surface area contributed by atoms with E-state index in [1.165, 1.54) is 11.2 Å². The molecular weight excluding hydrogens is 446 g/mol. The minimum Gasteiger partial charge on any atom is -0.382 e. The number of aromatic nitrogens is 4. The van der Waals surface area contributed by atoms with Gasteiger partial charge in [-0.25, -0.2) is 15.0 Å². The third-order valence-electron chi connectivity index (χ3n) is 6.58. The quantitative estimate of drug-likeness (QED) is 0.311. The van der Waals surface area contributed by atoms with Crippen molar-refractivity contribution >= 4 is 28.8 Å². The Morgan fingerprint density at radius 3 is 2.40 bits per heavy atom. The Balaban J connectivity index is 1.27. The smallest absolute Gasteiger partial charge is 0.261 e. The van der Waals surface area contributed by atoms with Gasteiger partial charge in [-0.3, -0.25) is 19.4 Å². The van der Waals surface area contributed by atoms with Gasteiger partial charge in [0.15, 0.2) is 11.5 Å². The Hall–Kier alpha value is -3.37. The number of nitrogens with two attached hydrogens (primary N) is 1. The van der Waals surface area contributed by atoms with Crippen LogP contribution in [0.25, 0.3) is 11.2 Å². The molecule has 0 fully saturated rings. The normalized spacial score (nSPS) is 14.5. The van der Waals surface area contributed by atoms with Gasteiger partial charge in [0, 0.05) is 32.8 Å². The molecule has 10 heteroatoms. The summed E-state index contributed by atoms with van der Waals surface area (Å²) >= 11 is 0. The molecule has 0 bridgehead atoms. The predicted octanol–water partition coefficient (Wildman–Crippen LogP) is 2.60. The van der Waals surface area contributed by atoms with Crippen LogP contribution in [0.1, 0.15) is 53.8 Å². The topological polar surface area (TPSA) is 119 Å². The first-order valence-corrected chi connectivity index (χ1v) is 12.0. The van der Waals surface area contributed by atoms with Crippen LogP contribution in [0, 0.1) is 0 Å². The molecule has 3 aromatic rings. The number of imide groups is 1. The third kappa shape index (κ3) is 5.33. The molecule has 186 valence electrons. The Labute approximate surface area is 205 Å². The van der Waals surface area contributed by atoms with Gasteiger partial charge in [-0.2, -0.15) is 0 Å². The summed E-state index contributed by atoms with van der Waals surface area (Å²) in [5.41, 5.74) is 8.23. The summed E-state index contributed by atoms with van der Waals surface area (Å²) in [5.74, 6) is -0.00105. The van der Waals surface area contributed by atoms with Crippen LogP contribution in [-0.4, -0.2) is 80.0 Å². The lowest BCUT2D eigenvalue weighted by atomic mass is 10.1. The van der Waals surface area contributed by atoms with Crippen molar-refractivity contribution in [3.05, 3.63) is 48.0 Å². The first kappa shape index (κ1) is 24.7. The highest BCUT2D eigenvalue weighted by Crippen LogP contribution is 2.23. The van der Waals surface area contributed by atoms with E-state index in [9.17, 15) is 9.59 Å². The van der Waals surface area contributed by atoms with Gasteiger partial charge < -0.3 is 15.0 Å². The number of methoxy groups -OCH3 is 1. The lowest BCUT2D eigenvalue weighted by Gasteiger charge is -2.30. The number of aryl methyl sites for hydroxylation is 1. The monoisotopic (exact) mass is 479 g/mol. The maximum absolute atomic E-state index is 12.6. The molecule has 2 amide bonds. The van der Waals surface area contributed by atoms with Crippen molar-refractivity contribution in [2.45, 2.75) is 51.8 Å². The van der Waals surface area contributed by atoms with E-state index in [1.807, 2.05) is 4.57 Å². The maximum atomic E-state index is 12.6. The molecule has 0 saturated carbocycles. The van der Waals surface area contributed by atoms with Crippen molar-refractivity contribution in [1.82, 2.24) is 29.3 Å². The first-order valence-electron chi connectivity index (χ1n) is 12.0. The lowest BCUT2D eigenvalue weighted by molar-refractivity contribution is 0.0442. The van der Waals surface area contributed by atoms with Crippen LogP contribution in [0.5, 0.6) is 0 Å². The number of rotatable bonds is 12. The number of carbonyl (C=O) groups is 2. The highest BCUT2D eigenvalue weighted by Gasteiger charge is 2.34. The van der Waals surface area contributed by atoms with Gasteiger partial charge >= 0.3 is 0 Å². The number of hydrogen-bond acceptors (Lipinski definition) is 8. The van der Waals surface area contributed by atoms with Gasteiger partial charge in [-0.15, -0.1) is 0 Å². The number of benzene rings is 1. The minimum absolute atomic E-state index is 0.0327. The molecule has 10 nitrogen and oxygen atoms in total. The van der Waals surface area contributed by atoms with Gasteiger partial charge in [-0.1, -0.05) is 12.1 Å². The number of amides is 2. The van der Waals surface area contributed by atoms with Crippen LogP contribution < -0.4 is 5.73 Å². The fourth-order valence-electron chi connectivity index (χ4n) is 4.48. The van der Waals surface area contributed by atoms with E-state index < -0.39 is 0 Å². The largest absolute Gasteiger partial charge is 0.382 e. The standard InChI is InChI=1S/C25H33N7O3/c1-17(2)30(11-6-7-12-32-24(33)19-8-4-5-9-20(19)25(32)34)14-18(35-3)10-13-31-16-29-21-22(26)27-15-28-23(21)31/h4-5,8-9,15-18H,6-7,10-14H2,1-3H3,(H2,26,27,28). The third-order valence-corrected chi connectivity index (χ3v) is 6.58. The zero-order valence-corrected chi connectivity index (χ0v) is 20.6. The van der Waals surface area contributed by atoms with Crippen LogP contribution in [0.15, 0.2) is 36.9 Å². The van der Waals surface area contributed by atoms with E-state index in [4.69, 9.17) is 10.5 Å². The fourth-order valence-corrected chi connectivity index (χ4v) is 4.48. The first-order chi connectivity index (χ1) is 16.9. The van der Waals surface area contributed by atoms with Crippen molar-refractivity contribution in [2.75, 3.05) is 32.5 Å². The molecule has 1 atom stereocenters. The summed E-state index contributed by atoms with van der Waals surface area (Å²) < 4.78 is 7.76. The highest BCUT2D eigenvalue weighted by atomic mass is 16.5. The number of anilines is 1. The molecule has 3 heterocycles. The van der Waals surface area contributed by atoms with Crippen molar-refractivity contribution in [3.63, 3.8) is 0 Å². The second-order valence-electron chi connectivity index (χ2n) is 9.12. The summed E-state index contributed by atoms with van der Waals surface area (Å²) in [6.45, 7) is 7.12. The summed E-state index contributed by atoms with van der Waals surface area (Å²) in [7, 11) is 1.73. The number of hydrogen-bond donors (Lipinski definition) is 1. The molecule has 2 N–H and O–H groups in total. The van der Waals surface area contributed by atoms with Gasteiger partial charge in [0.1, 0.15) is 11.8 Å². The molecule has 1 aliphatic heterocycles. The van der Waals surface area contributed by atoms with Gasteiger partial charge in [0.2, 0.25) is 0 Å². The average Bonchev–Trinajstić information content (AvgIpc) is 3.38. The lowest BCUT2D eigenvalue weighted by Crippen LogP contribution is -2.39. The van der Waals surface area contributed by atoms with Gasteiger partial charge in [0.05, 0.1) is 23.6 Å². The number of nitrogen functional groups attached to an aromatic ring is 1. The molecule has 1 aliphatic rings. The molecule has 0 aliphatic carbocycles. The summed E-state index contributed by atoms with van der Waals surface area (Å²) in [4.78, 5) is 41.5. The number of fused-ring (bicyclic) bond motifs is 2. The summed E-state index contributed by atoms with van der Waals surface area (Å²) in [5, 5.41) is 0. The summed E-state index contributed by atoms with van der Waals surface area (Å²) in [6, 6.07) is 7.36. The molecule has 0 saturated heterocycles. The predicted molar refractivity (Wildman–Crippen MR) is 133 cm³/mol. The molecule has 35 heavy (non-hydrogen) atoms. The minimum atomic E-state index is -0.190. The summed E-state index contributed by atoms with van der Waals surface area (Å²) in [6.07, 6.45) is 5.65. The number of imidazole rings is 1. The van der Waals surface area contributed by atoms with Crippen molar-refractivity contribution < 1.29 is 14.3 Å². The molecule has 1 unspecified atom stereocenters. The van der Waals surface area contributed by atoms with Crippen LogP contribution in [-0.2, 0) is 11.3 Å². The zero-order valence-electron chi connectivity index (χ0n) is 20.6. The van der Waals surface area contributed by atoms with Crippen molar-refractivity contribution in [2.24, 2.45) is 0 Å². The van der Waals surface area contributed by atoms with E-state index in [1.54, 1.807) is 37.7 Å². The number of ether oxygens (including phenoxy) is 1. The zero-order chi connectivity index (χ0) is 24.9. The van der Waals surface area contributed by atoms with E-state index in [0.29, 0.717) is 41.6 Å². The Bertz CT molecular complexity index is 1160. The van der Waals surface area contributed by atoms with E-state index >= 15 is 0 Å². The highest BCUT2D eigenvalue weighted by molar-refractivity contribution is 6.21. The van der Waals surface area contributed by atoms with Crippen LogP contribution in [0.4, 0.5) is 5.82 Å². The van der Waals surface area contributed by atoms with Crippen LogP contribution >= 0.6 is 0 Å². The van der Waals surface area contributed by atoms with Gasteiger partial charge in [0.25, 0.3) is 11.8 Å². The number of nitrogens with zero attached hydrogens (tertiary/aromatic N) is 6. The van der Waals surface area contributed by atoms with Crippen LogP contribution in [0.2, 0.25) is 0 Å². The van der Waals surface area contributed by atoms with E-state index in [-0.39, 0.29) is 17.9 Å². The molecule has 0 spiro atoms. The molecule has 1 aromatic carbocycles. The molecular formula is C25H33N7O3. The Morgan fingerprint density at radius 1 is 1.03 bits per heavy atom. The van der Waals surface area contributed by atoms with Crippen molar-refractivity contribution in [1.29, 1.82) is 0 Å². The average molecular weight is 480 g/mol. The van der Waals surface area contributed by atoms with E-state index in [2.05, 4.69) is 33.7 Å². The van der Waals surface area contributed by atoms with Crippen LogP contribution in [0.3, 0.4) is 0 Å². The molecule has 4 rings (SSSR count). The second-order valence-corrected chi connectivity index (χ2v) is 9.12. The van der Waals surface area contributed by atoms with E-state index in [0.717, 1.165) is 38.0 Å². The maximum Gasteiger partial charge on any atom is 0.261 e. The second kappa shape index (κ2) is 10.9. The molecule has 2 aromatic heterocycles. The Kier molecular flexibility index (Phi) is 7.72. The van der Waals surface area contributed by atoms with Gasteiger partial charge in [-0.05, 0) is 51.8 Å². The molecule has 0 radical (unpaired) electrons. The Morgan fingerprint density at radius 2 is 1.74 bits per heavy atom. The SMILES string of the molecule is COC(CCn1cnc2c(N)ncnc21)CN(CCCCN1C(=O)c2ccccc2C1=O)C(C)C. The van der Waals surface area contributed by atoms with Crippen molar-refractivity contribution in [3.8, 4) is 0 Å². The number of carbonyl (C=O) groups excluding carboxylic acids is 2. The number of unbranched alkanes of at least 4 members (excludes halogenated alkanes) is 1. The fraction of sp³-hybridized carbons (Fsp3) is 0.480.